The zero-order valence-electron chi connectivity index (χ0n) is 27.1. The molecule has 0 rings (SSSR count). The Balaban J connectivity index is 3.26. The van der Waals surface area contributed by atoms with E-state index < -0.39 is 0 Å². The highest BCUT2D eigenvalue weighted by molar-refractivity contribution is 7.81. The van der Waals surface area contributed by atoms with Crippen molar-refractivity contribution in [3.63, 3.8) is 0 Å². The van der Waals surface area contributed by atoms with Gasteiger partial charge in [0.05, 0.1) is 13.2 Å². The number of rotatable bonds is 34. The molecular formula is C36H74OS2. The Hall–Kier alpha value is 0.660. The van der Waals surface area contributed by atoms with Crippen LogP contribution in [0.3, 0.4) is 0 Å². The lowest BCUT2D eigenvalue weighted by atomic mass is 10.0. The molecule has 0 heterocycles. The molecule has 0 radical (unpaired) electrons. The molecule has 0 amide bonds. The van der Waals surface area contributed by atoms with Crippen molar-refractivity contribution in [2.45, 2.75) is 217 Å². The van der Waals surface area contributed by atoms with Gasteiger partial charge in [0.2, 0.25) is 0 Å². The molecule has 2 unspecified atom stereocenters. The van der Waals surface area contributed by atoms with Gasteiger partial charge in [0.25, 0.3) is 0 Å². The Morgan fingerprint density at radius 2 is 0.538 bits per heavy atom. The van der Waals surface area contributed by atoms with Crippen LogP contribution in [-0.2, 0) is 4.74 Å². The summed E-state index contributed by atoms with van der Waals surface area (Å²) in [7, 11) is 0. The molecule has 39 heavy (non-hydrogen) atoms. The van der Waals surface area contributed by atoms with Crippen LogP contribution in [0.2, 0.25) is 0 Å². The molecule has 0 bridgehead atoms. The minimum atomic E-state index is 0.393. The van der Waals surface area contributed by atoms with Crippen molar-refractivity contribution in [2.24, 2.45) is 0 Å². The Kier molecular flexibility index (Phi) is 35.4. The number of unbranched alkanes of at least 4 members (excludes halogenated alkanes) is 26. The van der Waals surface area contributed by atoms with Crippen LogP contribution in [0.4, 0.5) is 0 Å². The molecule has 1 nitrogen and oxygen atoms in total. The first-order chi connectivity index (χ1) is 19.2. The van der Waals surface area contributed by atoms with Gasteiger partial charge < -0.3 is 4.74 Å². The molecule has 0 aliphatic carbocycles. The minimum absolute atomic E-state index is 0.393. The van der Waals surface area contributed by atoms with E-state index >= 15 is 0 Å². The van der Waals surface area contributed by atoms with Gasteiger partial charge in [-0.2, -0.15) is 25.3 Å². The number of hydrogen-bond donors (Lipinski definition) is 2. The predicted octanol–water partition coefficient (Wildman–Crippen LogP) is 13.3. The third-order valence-electron chi connectivity index (χ3n) is 8.40. The highest BCUT2D eigenvalue weighted by Crippen LogP contribution is 2.17. The van der Waals surface area contributed by atoms with E-state index in [1.54, 1.807) is 0 Å². The second-order valence-electron chi connectivity index (χ2n) is 12.6. The fraction of sp³-hybridized carbons (Fsp3) is 1.00. The average molecular weight is 587 g/mol. The Morgan fingerprint density at radius 3 is 0.769 bits per heavy atom. The van der Waals surface area contributed by atoms with Gasteiger partial charge in [-0.3, -0.25) is 0 Å². The first-order valence-electron chi connectivity index (χ1n) is 18.1. The fourth-order valence-corrected chi connectivity index (χ4v) is 6.23. The molecule has 0 aromatic rings. The smallest absolute Gasteiger partial charge is 0.0583 e. The Labute approximate surface area is 259 Å². The van der Waals surface area contributed by atoms with Crippen LogP contribution in [0, 0.1) is 0 Å². The Morgan fingerprint density at radius 1 is 0.333 bits per heavy atom. The zero-order chi connectivity index (χ0) is 28.5. The van der Waals surface area contributed by atoms with Gasteiger partial charge in [-0.05, 0) is 12.8 Å². The highest BCUT2D eigenvalue weighted by Gasteiger charge is 2.07. The number of thiol groups is 2. The molecule has 0 aliphatic rings. The molecule has 2 atom stereocenters. The molecule has 3 heteroatoms. The summed E-state index contributed by atoms with van der Waals surface area (Å²) in [5.74, 6) is 0. The van der Waals surface area contributed by atoms with E-state index in [1.165, 1.54) is 193 Å². The maximum absolute atomic E-state index is 5.94. The predicted molar refractivity (Wildman–Crippen MR) is 186 cm³/mol. The summed E-state index contributed by atoms with van der Waals surface area (Å²) in [4.78, 5) is 0. The molecule has 0 saturated carbocycles. The summed E-state index contributed by atoms with van der Waals surface area (Å²) in [6, 6.07) is 0. The third-order valence-corrected chi connectivity index (χ3v) is 9.22. The van der Waals surface area contributed by atoms with Gasteiger partial charge in [-0.1, -0.05) is 194 Å². The average Bonchev–Trinajstić information content (AvgIpc) is 2.93. The largest absolute Gasteiger partial charge is 0.379 e. The normalized spacial score (nSPS) is 13.2. The topological polar surface area (TPSA) is 9.23 Å². The molecule has 0 saturated heterocycles. The van der Waals surface area contributed by atoms with Crippen LogP contribution in [0.25, 0.3) is 0 Å². The third kappa shape index (κ3) is 34.8. The van der Waals surface area contributed by atoms with Crippen molar-refractivity contribution < 1.29 is 4.74 Å². The minimum Gasteiger partial charge on any atom is -0.379 e. The molecule has 0 fully saturated rings. The van der Waals surface area contributed by atoms with Crippen LogP contribution in [-0.4, -0.2) is 23.7 Å². The van der Waals surface area contributed by atoms with E-state index in [4.69, 9.17) is 30.0 Å². The second-order valence-corrected chi connectivity index (χ2v) is 14.1. The summed E-state index contributed by atoms with van der Waals surface area (Å²) >= 11 is 9.52. The van der Waals surface area contributed by atoms with Crippen LogP contribution in [0.15, 0.2) is 0 Å². The van der Waals surface area contributed by atoms with Gasteiger partial charge in [-0.15, -0.1) is 0 Å². The van der Waals surface area contributed by atoms with Crippen molar-refractivity contribution in [3.8, 4) is 0 Å². The Bertz CT molecular complexity index is 392. The highest BCUT2D eigenvalue weighted by atomic mass is 32.1. The summed E-state index contributed by atoms with van der Waals surface area (Å²) in [6.45, 7) is 6.17. The van der Waals surface area contributed by atoms with E-state index in [-0.39, 0.29) is 0 Å². The van der Waals surface area contributed by atoms with Gasteiger partial charge in [0, 0.05) is 10.5 Å². The van der Waals surface area contributed by atoms with Crippen LogP contribution in [0.5, 0.6) is 0 Å². The van der Waals surface area contributed by atoms with Crippen molar-refractivity contribution in [1.29, 1.82) is 0 Å². The summed E-state index contributed by atoms with van der Waals surface area (Å²) in [6.07, 6.45) is 42.2. The molecular weight excluding hydrogens is 513 g/mol. The number of ether oxygens (including phenoxy) is 1. The first-order valence-corrected chi connectivity index (χ1v) is 19.2. The first kappa shape index (κ1) is 39.7. The van der Waals surface area contributed by atoms with Gasteiger partial charge >= 0.3 is 0 Å². The molecule has 0 N–H and O–H groups in total. The molecule has 0 spiro atoms. The molecule has 0 aromatic heterocycles. The lowest BCUT2D eigenvalue weighted by Gasteiger charge is -2.14. The van der Waals surface area contributed by atoms with Crippen LogP contribution >= 0.6 is 25.3 Å². The monoisotopic (exact) mass is 587 g/mol. The van der Waals surface area contributed by atoms with E-state index in [2.05, 4.69) is 13.8 Å². The molecule has 0 aliphatic heterocycles. The quantitative estimate of drug-likeness (QED) is 0.0563. The lowest BCUT2D eigenvalue weighted by Crippen LogP contribution is -2.15. The van der Waals surface area contributed by atoms with Gasteiger partial charge in [0.1, 0.15) is 0 Å². The van der Waals surface area contributed by atoms with E-state index in [0.29, 0.717) is 10.5 Å². The lowest BCUT2D eigenvalue weighted by molar-refractivity contribution is 0.133. The summed E-state index contributed by atoms with van der Waals surface area (Å²) in [5.41, 5.74) is 0. The van der Waals surface area contributed by atoms with Crippen molar-refractivity contribution in [3.05, 3.63) is 0 Å². The standard InChI is InChI=1S/C36H74OS2/c1-3-5-7-9-11-13-15-17-19-21-23-25-27-29-31-35(38)33-37-34-36(39)32-30-28-26-24-22-20-18-16-14-12-10-8-6-4-2/h35-36,38-39H,3-34H2,1-2H3. The number of hydrogen-bond acceptors (Lipinski definition) is 3. The van der Waals surface area contributed by atoms with E-state index in [0.717, 1.165) is 13.2 Å². The van der Waals surface area contributed by atoms with E-state index in [1.807, 2.05) is 0 Å². The van der Waals surface area contributed by atoms with Gasteiger partial charge in [-0.25, -0.2) is 0 Å². The van der Waals surface area contributed by atoms with Crippen LogP contribution in [0.1, 0.15) is 206 Å². The molecule has 0 aromatic carbocycles. The second kappa shape index (κ2) is 34.9. The zero-order valence-corrected chi connectivity index (χ0v) is 28.9. The summed E-state index contributed by atoms with van der Waals surface area (Å²) < 4.78 is 5.94. The maximum atomic E-state index is 5.94. The van der Waals surface area contributed by atoms with Crippen molar-refractivity contribution >= 4 is 25.3 Å². The van der Waals surface area contributed by atoms with Crippen molar-refractivity contribution in [1.82, 2.24) is 0 Å². The molecule has 236 valence electrons. The van der Waals surface area contributed by atoms with Crippen molar-refractivity contribution in [2.75, 3.05) is 13.2 Å². The van der Waals surface area contributed by atoms with E-state index in [9.17, 15) is 0 Å². The SMILES string of the molecule is CCCCCCCCCCCCCCCCC(S)COCC(S)CCCCCCCCCCCCCCCC. The van der Waals surface area contributed by atoms with Gasteiger partial charge in [0.15, 0.2) is 0 Å². The maximum Gasteiger partial charge on any atom is 0.0583 e. The van der Waals surface area contributed by atoms with Crippen LogP contribution < -0.4 is 0 Å². The summed E-state index contributed by atoms with van der Waals surface area (Å²) in [5, 5.41) is 0.785. The fourth-order valence-electron chi connectivity index (χ4n) is 5.66.